The number of sulfonamides is 1. The van der Waals surface area contributed by atoms with Crippen LogP contribution in [0.1, 0.15) is 0 Å². The van der Waals surface area contributed by atoms with Crippen molar-refractivity contribution in [1.29, 1.82) is 0 Å². The number of rotatable bonds is 5. The summed E-state index contributed by atoms with van der Waals surface area (Å²) in [5.41, 5.74) is 2.25. The number of carbonyl (C=O) groups is 1. The van der Waals surface area contributed by atoms with Crippen LogP contribution in [-0.4, -0.2) is 39.7 Å². The second kappa shape index (κ2) is 7.57. The molecule has 0 fully saturated rings. The zero-order chi connectivity index (χ0) is 21.6. The Morgan fingerprint density at radius 1 is 1.13 bits per heavy atom. The van der Waals surface area contributed by atoms with E-state index in [0.29, 0.717) is 26.2 Å². The van der Waals surface area contributed by atoms with Crippen molar-refractivity contribution in [3.05, 3.63) is 54.6 Å². The van der Waals surface area contributed by atoms with Crippen LogP contribution < -0.4 is 10.5 Å². The molecule has 3 heterocycles. The molecule has 0 atom stereocenters. The molecule has 9 nitrogen and oxygen atoms in total. The molecule has 0 unspecified atom stereocenters. The first kappa shape index (κ1) is 19.9. The van der Waals surface area contributed by atoms with Gasteiger partial charge in [0.2, 0.25) is 15.9 Å². The van der Waals surface area contributed by atoms with E-state index < -0.39 is 10.0 Å². The zero-order valence-corrected chi connectivity index (χ0v) is 18.2. The van der Waals surface area contributed by atoms with Crippen LogP contribution in [0.25, 0.3) is 26.8 Å². The summed E-state index contributed by atoms with van der Waals surface area (Å²) in [6.45, 7) is 0. The molecule has 3 N–H and O–H groups in total. The molecule has 0 aliphatic rings. The van der Waals surface area contributed by atoms with Crippen LogP contribution in [0.15, 0.2) is 64.6 Å². The van der Waals surface area contributed by atoms with E-state index >= 15 is 0 Å². The van der Waals surface area contributed by atoms with Crippen molar-refractivity contribution in [2.24, 2.45) is 5.14 Å². The Bertz CT molecular complexity index is 1580. The fraction of sp³-hybridized carbons (Fsp3) is 0.0526. The molecule has 0 spiro atoms. The van der Waals surface area contributed by atoms with Crippen LogP contribution in [0, 0.1) is 0 Å². The molecule has 156 valence electrons. The molecule has 0 radical (unpaired) electrons. The van der Waals surface area contributed by atoms with Crippen molar-refractivity contribution in [2.75, 3.05) is 11.1 Å². The average molecular weight is 471 g/mol. The third-order valence-corrected chi connectivity index (χ3v) is 7.29. The number of aromatic nitrogens is 4. The SMILES string of the molecule is NS(=O)(=O)c1ccc2nc(NC(=O)CSc3nnc4ccc5ccccc5n34)sc2c1. The minimum absolute atomic E-state index is 0.00277. The summed E-state index contributed by atoms with van der Waals surface area (Å²) in [7, 11) is -3.80. The van der Waals surface area contributed by atoms with E-state index in [0.717, 1.165) is 10.9 Å². The molecular weight excluding hydrogens is 456 g/mol. The van der Waals surface area contributed by atoms with Crippen LogP contribution in [0.4, 0.5) is 5.13 Å². The van der Waals surface area contributed by atoms with Crippen LogP contribution >= 0.6 is 23.1 Å². The van der Waals surface area contributed by atoms with E-state index in [1.54, 1.807) is 6.07 Å². The molecular formula is C19H14N6O3S3. The number of nitrogens with one attached hydrogen (secondary N) is 1. The standard InChI is InChI=1S/C19H14N6O3S3/c20-31(27,28)12-6-7-13-15(9-12)30-18(21-13)22-17(26)10-29-19-24-23-16-8-5-11-3-1-2-4-14(11)25(16)19/h1-9H,10H2,(H2,20,27,28)(H,21,22,26). The van der Waals surface area contributed by atoms with Gasteiger partial charge in [0.25, 0.3) is 0 Å². The second-order valence-corrected chi connectivity index (χ2v) is 10.1. The summed E-state index contributed by atoms with van der Waals surface area (Å²) in [5.74, 6) is -0.143. The maximum atomic E-state index is 12.5. The molecule has 0 saturated carbocycles. The maximum absolute atomic E-state index is 12.5. The molecule has 0 aliphatic heterocycles. The minimum Gasteiger partial charge on any atom is -0.301 e. The summed E-state index contributed by atoms with van der Waals surface area (Å²) >= 11 is 2.45. The first-order valence-corrected chi connectivity index (χ1v) is 12.3. The van der Waals surface area contributed by atoms with Gasteiger partial charge in [-0.25, -0.2) is 18.5 Å². The minimum atomic E-state index is -3.80. The largest absolute Gasteiger partial charge is 0.301 e. The molecule has 0 saturated heterocycles. The van der Waals surface area contributed by atoms with Gasteiger partial charge in [-0.2, -0.15) is 0 Å². The first-order chi connectivity index (χ1) is 14.9. The Balaban J connectivity index is 1.34. The normalized spacial score (nSPS) is 12.0. The summed E-state index contributed by atoms with van der Waals surface area (Å²) in [5, 5.41) is 18.3. The topological polar surface area (TPSA) is 132 Å². The number of amides is 1. The summed E-state index contributed by atoms with van der Waals surface area (Å²) in [6, 6.07) is 16.1. The molecule has 1 amide bonds. The first-order valence-electron chi connectivity index (χ1n) is 8.97. The lowest BCUT2D eigenvalue weighted by molar-refractivity contribution is -0.113. The number of primary sulfonamides is 1. The van der Waals surface area contributed by atoms with Crippen molar-refractivity contribution in [1.82, 2.24) is 19.6 Å². The smallest absolute Gasteiger partial charge is 0.238 e. The number of carbonyl (C=O) groups excluding carboxylic acids is 1. The van der Waals surface area contributed by atoms with Gasteiger partial charge in [0.05, 0.1) is 26.4 Å². The van der Waals surface area contributed by atoms with Gasteiger partial charge in [0.15, 0.2) is 15.9 Å². The number of anilines is 1. The Morgan fingerprint density at radius 3 is 2.81 bits per heavy atom. The lowest BCUT2D eigenvalue weighted by atomic mass is 10.2. The molecule has 0 bridgehead atoms. The molecule has 0 aliphatic carbocycles. The van der Waals surface area contributed by atoms with E-state index in [9.17, 15) is 13.2 Å². The van der Waals surface area contributed by atoms with Gasteiger partial charge >= 0.3 is 0 Å². The van der Waals surface area contributed by atoms with Crippen molar-refractivity contribution < 1.29 is 13.2 Å². The lowest BCUT2D eigenvalue weighted by Crippen LogP contribution is -2.14. The van der Waals surface area contributed by atoms with Gasteiger partial charge in [-0.15, -0.1) is 10.2 Å². The number of nitrogens with zero attached hydrogens (tertiary/aromatic N) is 4. The number of hydrogen-bond acceptors (Lipinski definition) is 8. The number of benzene rings is 2. The Labute approximate surface area is 184 Å². The third-order valence-electron chi connectivity index (χ3n) is 4.52. The van der Waals surface area contributed by atoms with Crippen molar-refractivity contribution >= 4 is 70.9 Å². The average Bonchev–Trinajstić information content (AvgIpc) is 3.34. The fourth-order valence-electron chi connectivity index (χ4n) is 3.13. The van der Waals surface area contributed by atoms with Gasteiger partial charge in [0.1, 0.15) is 0 Å². The predicted octanol–water partition coefficient (Wildman–Crippen LogP) is 2.87. The highest BCUT2D eigenvalue weighted by molar-refractivity contribution is 7.99. The quantitative estimate of drug-likeness (QED) is 0.377. The highest BCUT2D eigenvalue weighted by Gasteiger charge is 2.15. The highest BCUT2D eigenvalue weighted by Crippen LogP contribution is 2.28. The third kappa shape index (κ3) is 3.85. The number of para-hydroxylation sites is 1. The maximum Gasteiger partial charge on any atom is 0.238 e. The summed E-state index contributed by atoms with van der Waals surface area (Å²) < 4.78 is 25.6. The van der Waals surface area contributed by atoms with Gasteiger partial charge in [-0.1, -0.05) is 41.3 Å². The molecule has 12 heteroatoms. The number of fused-ring (bicyclic) bond motifs is 4. The summed E-state index contributed by atoms with van der Waals surface area (Å²) in [4.78, 5) is 16.8. The summed E-state index contributed by atoms with van der Waals surface area (Å²) in [6.07, 6.45) is 0. The number of nitrogens with two attached hydrogens (primary N) is 1. The van der Waals surface area contributed by atoms with E-state index in [-0.39, 0.29) is 16.6 Å². The number of pyridine rings is 1. The Hall–Kier alpha value is -3.06. The van der Waals surface area contributed by atoms with Crippen LogP contribution in [-0.2, 0) is 14.8 Å². The van der Waals surface area contributed by atoms with E-state index in [1.807, 2.05) is 40.8 Å². The number of hydrogen-bond donors (Lipinski definition) is 2. The van der Waals surface area contributed by atoms with Crippen molar-refractivity contribution in [2.45, 2.75) is 10.1 Å². The molecule has 31 heavy (non-hydrogen) atoms. The van der Waals surface area contributed by atoms with Crippen LogP contribution in [0.2, 0.25) is 0 Å². The van der Waals surface area contributed by atoms with Crippen molar-refractivity contribution in [3.8, 4) is 0 Å². The number of thioether (sulfide) groups is 1. The molecule has 5 rings (SSSR count). The van der Waals surface area contributed by atoms with Crippen LogP contribution in [0.5, 0.6) is 0 Å². The van der Waals surface area contributed by atoms with Gasteiger partial charge in [0, 0.05) is 0 Å². The van der Waals surface area contributed by atoms with Gasteiger partial charge in [-0.3, -0.25) is 9.20 Å². The van der Waals surface area contributed by atoms with Gasteiger partial charge in [-0.05, 0) is 41.8 Å². The Kier molecular flexibility index (Phi) is 4.85. The van der Waals surface area contributed by atoms with E-state index in [2.05, 4.69) is 20.5 Å². The predicted molar refractivity (Wildman–Crippen MR) is 121 cm³/mol. The Morgan fingerprint density at radius 2 is 1.97 bits per heavy atom. The van der Waals surface area contributed by atoms with Crippen molar-refractivity contribution in [3.63, 3.8) is 0 Å². The molecule has 2 aromatic carbocycles. The molecule has 5 aromatic rings. The zero-order valence-electron chi connectivity index (χ0n) is 15.7. The fourth-order valence-corrected chi connectivity index (χ4v) is 5.41. The van der Waals surface area contributed by atoms with E-state index in [4.69, 9.17) is 5.14 Å². The van der Waals surface area contributed by atoms with E-state index in [1.165, 1.54) is 35.2 Å². The second-order valence-electron chi connectivity index (χ2n) is 6.60. The number of thiazole rings is 1. The van der Waals surface area contributed by atoms with Crippen LogP contribution in [0.3, 0.4) is 0 Å². The molecule has 3 aromatic heterocycles. The monoisotopic (exact) mass is 470 g/mol. The highest BCUT2D eigenvalue weighted by atomic mass is 32.2. The van der Waals surface area contributed by atoms with Gasteiger partial charge < -0.3 is 5.32 Å². The lowest BCUT2D eigenvalue weighted by Gasteiger charge is -2.04.